The van der Waals surface area contributed by atoms with E-state index < -0.39 is 0 Å². The van der Waals surface area contributed by atoms with E-state index in [9.17, 15) is 0 Å². The van der Waals surface area contributed by atoms with Crippen LogP contribution in [0.5, 0.6) is 0 Å². The van der Waals surface area contributed by atoms with Crippen LogP contribution in [0.25, 0.3) is 0 Å². The summed E-state index contributed by atoms with van der Waals surface area (Å²) < 4.78 is 0. The van der Waals surface area contributed by atoms with E-state index in [-0.39, 0.29) is 5.54 Å². The summed E-state index contributed by atoms with van der Waals surface area (Å²) in [6.07, 6.45) is 6.47. The summed E-state index contributed by atoms with van der Waals surface area (Å²) in [5.41, 5.74) is 14.2. The second kappa shape index (κ2) is 7.26. The van der Waals surface area contributed by atoms with Gasteiger partial charge in [0, 0.05) is 5.54 Å². The van der Waals surface area contributed by atoms with Crippen molar-refractivity contribution in [3.63, 3.8) is 0 Å². The van der Waals surface area contributed by atoms with Crippen molar-refractivity contribution in [2.75, 3.05) is 0 Å². The molecule has 0 fully saturated rings. The summed E-state index contributed by atoms with van der Waals surface area (Å²) in [6, 6.07) is 2.42. The highest BCUT2D eigenvalue weighted by atomic mass is 14.7. The Bertz CT molecular complexity index is 442. The Morgan fingerprint density at radius 2 is 1.25 bits per heavy atom. The maximum Gasteiger partial charge on any atom is 0.0407 e. The summed E-state index contributed by atoms with van der Waals surface area (Å²) in [5.74, 6) is 0. The third kappa shape index (κ3) is 2.93. The van der Waals surface area contributed by atoms with Crippen LogP contribution in [0.15, 0.2) is 6.07 Å². The van der Waals surface area contributed by atoms with Crippen molar-refractivity contribution < 1.29 is 0 Å². The summed E-state index contributed by atoms with van der Waals surface area (Å²) in [7, 11) is 0. The fourth-order valence-corrected chi connectivity index (χ4v) is 3.55. The average molecular weight is 275 g/mol. The Balaban J connectivity index is 3.67. The van der Waals surface area contributed by atoms with Gasteiger partial charge in [0.05, 0.1) is 0 Å². The molecule has 0 aliphatic carbocycles. The first kappa shape index (κ1) is 17.2. The molecule has 0 saturated heterocycles. The van der Waals surface area contributed by atoms with Crippen molar-refractivity contribution in [2.45, 2.75) is 85.6 Å². The van der Waals surface area contributed by atoms with Crippen LogP contribution in [-0.4, -0.2) is 0 Å². The molecule has 1 rings (SSSR count). The first-order valence-corrected chi connectivity index (χ1v) is 8.48. The van der Waals surface area contributed by atoms with Crippen molar-refractivity contribution in [3.8, 4) is 0 Å². The molecule has 114 valence electrons. The fraction of sp³-hybridized carbons (Fsp3) is 0.684. The Hall–Kier alpha value is -0.820. The van der Waals surface area contributed by atoms with Crippen LogP contribution in [0, 0.1) is 0 Å². The smallest absolute Gasteiger partial charge is 0.0407 e. The number of aryl methyl sites for hydroxylation is 1. The molecule has 0 saturated carbocycles. The van der Waals surface area contributed by atoms with Gasteiger partial charge in [-0.2, -0.15) is 0 Å². The molecule has 1 heteroatoms. The first-order chi connectivity index (χ1) is 9.52. The van der Waals surface area contributed by atoms with Crippen LogP contribution >= 0.6 is 0 Å². The van der Waals surface area contributed by atoms with Gasteiger partial charge < -0.3 is 5.73 Å². The lowest BCUT2D eigenvalue weighted by Crippen LogP contribution is -2.37. The highest BCUT2D eigenvalue weighted by molar-refractivity contribution is 5.49. The normalized spacial score (nSPS) is 11.9. The molecule has 0 unspecified atom stereocenters. The lowest BCUT2D eigenvalue weighted by atomic mass is 9.77. The van der Waals surface area contributed by atoms with Gasteiger partial charge in [-0.25, -0.2) is 0 Å². The molecule has 0 aliphatic heterocycles. The molecule has 0 bridgehead atoms. The fourth-order valence-electron chi connectivity index (χ4n) is 3.55. The minimum absolute atomic E-state index is 0.161. The number of hydrogen-bond donors (Lipinski definition) is 1. The van der Waals surface area contributed by atoms with Gasteiger partial charge in [0.25, 0.3) is 0 Å². The number of benzene rings is 1. The zero-order valence-electron chi connectivity index (χ0n) is 14.4. The third-order valence-corrected chi connectivity index (χ3v) is 5.00. The summed E-state index contributed by atoms with van der Waals surface area (Å²) >= 11 is 0. The van der Waals surface area contributed by atoms with Gasteiger partial charge in [-0.05, 0) is 66.3 Å². The van der Waals surface area contributed by atoms with E-state index >= 15 is 0 Å². The van der Waals surface area contributed by atoms with Gasteiger partial charge in [0.1, 0.15) is 0 Å². The van der Waals surface area contributed by atoms with Gasteiger partial charge >= 0.3 is 0 Å². The maximum atomic E-state index is 6.73. The minimum atomic E-state index is -0.161. The molecule has 0 amide bonds. The maximum absolute atomic E-state index is 6.73. The molecule has 0 atom stereocenters. The second-order valence-corrected chi connectivity index (χ2v) is 5.80. The van der Waals surface area contributed by atoms with Gasteiger partial charge in [-0.15, -0.1) is 0 Å². The minimum Gasteiger partial charge on any atom is -0.321 e. The molecule has 0 spiro atoms. The highest BCUT2D eigenvalue weighted by Crippen LogP contribution is 2.35. The Labute approximate surface area is 126 Å². The van der Waals surface area contributed by atoms with Crippen LogP contribution in [0.4, 0.5) is 0 Å². The number of rotatable bonds is 7. The van der Waals surface area contributed by atoms with E-state index in [2.05, 4.69) is 47.6 Å². The van der Waals surface area contributed by atoms with Gasteiger partial charge in [-0.3, -0.25) is 0 Å². The lowest BCUT2D eigenvalue weighted by molar-refractivity contribution is 0.408. The molecule has 1 nitrogen and oxygen atoms in total. The SMILES string of the molecule is CCc1cc(C(N)(CC)CC)c(CC)c(CC)c1CC. The van der Waals surface area contributed by atoms with Crippen molar-refractivity contribution >= 4 is 0 Å². The van der Waals surface area contributed by atoms with Crippen LogP contribution in [0.2, 0.25) is 0 Å². The Kier molecular flexibility index (Phi) is 6.26. The van der Waals surface area contributed by atoms with Gasteiger partial charge in [-0.1, -0.05) is 47.6 Å². The third-order valence-electron chi connectivity index (χ3n) is 5.00. The van der Waals surface area contributed by atoms with Crippen molar-refractivity contribution in [2.24, 2.45) is 5.73 Å². The molecule has 1 aromatic rings. The van der Waals surface area contributed by atoms with Crippen LogP contribution in [0.1, 0.15) is 82.2 Å². The van der Waals surface area contributed by atoms with E-state index in [0.29, 0.717) is 0 Å². The monoisotopic (exact) mass is 275 g/mol. The molecular formula is C19H33N. The quantitative estimate of drug-likeness (QED) is 0.751. The Morgan fingerprint density at radius 1 is 0.750 bits per heavy atom. The zero-order valence-corrected chi connectivity index (χ0v) is 14.4. The van der Waals surface area contributed by atoms with Crippen molar-refractivity contribution in [3.05, 3.63) is 33.9 Å². The van der Waals surface area contributed by atoms with Gasteiger partial charge in [0.15, 0.2) is 0 Å². The summed E-state index contributed by atoms with van der Waals surface area (Å²) in [6.45, 7) is 13.5. The molecule has 0 aromatic heterocycles. The van der Waals surface area contributed by atoms with E-state index in [0.717, 1.165) is 38.5 Å². The van der Waals surface area contributed by atoms with Gasteiger partial charge in [0.2, 0.25) is 0 Å². The van der Waals surface area contributed by atoms with E-state index in [1.54, 1.807) is 11.1 Å². The van der Waals surface area contributed by atoms with E-state index in [1.807, 2.05) is 0 Å². The lowest BCUT2D eigenvalue weighted by Gasteiger charge is -2.33. The molecule has 0 heterocycles. The molecule has 1 aromatic carbocycles. The molecule has 20 heavy (non-hydrogen) atoms. The Morgan fingerprint density at radius 3 is 1.60 bits per heavy atom. The van der Waals surface area contributed by atoms with E-state index in [4.69, 9.17) is 5.73 Å². The molecule has 2 N–H and O–H groups in total. The topological polar surface area (TPSA) is 26.0 Å². The molecular weight excluding hydrogens is 242 g/mol. The zero-order chi connectivity index (χ0) is 15.3. The predicted molar refractivity (Wildman–Crippen MR) is 90.4 cm³/mol. The second-order valence-electron chi connectivity index (χ2n) is 5.80. The first-order valence-electron chi connectivity index (χ1n) is 8.48. The predicted octanol–water partition coefficient (Wildman–Crippen LogP) is 4.91. The molecule has 0 aliphatic rings. The van der Waals surface area contributed by atoms with E-state index in [1.165, 1.54) is 16.7 Å². The standard InChI is InChI=1S/C19H33N/c1-7-14-13-18(19(20,11-5)12-6)17(10-4)16(9-3)15(14)8-2/h13H,7-12,20H2,1-6H3. The highest BCUT2D eigenvalue weighted by Gasteiger charge is 2.28. The summed E-state index contributed by atoms with van der Waals surface area (Å²) in [4.78, 5) is 0. The van der Waals surface area contributed by atoms with Crippen LogP contribution in [-0.2, 0) is 31.2 Å². The number of nitrogens with two attached hydrogens (primary N) is 1. The average Bonchev–Trinajstić information content (AvgIpc) is 2.51. The van der Waals surface area contributed by atoms with Crippen molar-refractivity contribution in [1.29, 1.82) is 0 Å². The number of hydrogen-bond acceptors (Lipinski definition) is 1. The van der Waals surface area contributed by atoms with Crippen LogP contribution < -0.4 is 5.73 Å². The van der Waals surface area contributed by atoms with Crippen molar-refractivity contribution in [1.82, 2.24) is 0 Å². The van der Waals surface area contributed by atoms with Crippen LogP contribution in [0.3, 0.4) is 0 Å². The summed E-state index contributed by atoms with van der Waals surface area (Å²) in [5, 5.41) is 0. The molecule has 0 radical (unpaired) electrons. The largest absolute Gasteiger partial charge is 0.321 e.